The molecule has 0 unspecified atom stereocenters. The molecule has 1 heterocycles. The summed E-state index contributed by atoms with van der Waals surface area (Å²) in [5.41, 5.74) is 3.95. The second kappa shape index (κ2) is 8.03. The van der Waals surface area contributed by atoms with E-state index in [0.29, 0.717) is 17.0 Å². The molecule has 1 N–H and O–H groups in total. The molecule has 154 valence electrons. The number of carbonyl (C=O) groups excluding carboxylic acids is 1. The number of nitriles is 1. The maximum absolute atomic E-state index is 13.1. The number of likely N-dealkylation sites (N-methyl/N-ethyl adjacent to an activating group) is 1. The van der Waals surface area contributed by atoms with Crippen molar-refractivity contribution in [3.8, 4) is 11.8 Å². The highest BCUT2D eigenvalue weighted by atomic mass is 19.1. The Balaban J connectivity index is 2.01. The number of anilines is 2. The lowest BCUT2D eigenvalue weighted by Gasteiger charge is -2.41. The first-order chi connectivity index (χ1) is 14.2. The fraction of sp³-hybridized carbons (Fsp3) is 0.250. The third-order valence-electron chi connectivity index (χ3n) is 5.34. The minimum atomic E-state index is -0.575. The van der Waals surface area contributed by atoms with Crippen molar-refractivity contribution in [2.24, 2.45) is 0 Å². The number of halogens is 1. The summed E-state index contributed by atoms with van der Waals surface area (Å²) in [4.78, 5) is 14.7. The van der Waals surface area contributed by atoms with Crippen LogP contribution in [-0.4, -0.2) is 25.6 Å². The molecule has 1 amide bonds. The van der Waals surface area contributed by atoms with Gasteiger partial charge in [0.1, 0.15) is 23.2 Å². The Labute approximate surface area is 176 Å². The normalized spacial score (nSPS) is 15.0. The average molecular weight is 405 g/mol. The Morgan fingerprint density at radius 3 is 2.53 bits per heavy atom. The number of nitrogens with one attached hydrogen (secondary N) is 1. The van der Waals surface area contributed by atoms with Crippen LogP contribution in [0.15, 0.2) is 48.0 Å². The van der Waals surface area contributed by atoms with Gasteiger partial charge >= 0.3 is 0 Å². The molecule has 1 aliphatic rings. The molecule has 0 saturated carbocycles. The van der Waals surface area contributed by atoms with Crippen molar-refractivity contribution >= 4 is 28.9 Å². The number of rotatable bonds is 4. The Kier molecular flexibility index (Phi) is 5.66. The van der Waals surface area contributed by atoms with Crippen LogP contribution in [0.4, 0.5) is 15.8 Å². The average Bonchev–Trinajstić information content (AvgIpc) is 2.71. The molecular weight excluding hydrogens is 381 g/mol. The lowest BCUT2D eigenvalue weighted by atomic mass is 9.88. The van der Waals surface area contributed by atoms with Crippen LogP contribution in [0.3, 0.4) is 0 Å². The highest BCUT2D eigenvalue weighted by molar-refractivity contribution is 6.10. The van der Waals surface area contributed by atoms with Crippen LogP contribution in [0, 0.1) is 17.1 Å². The number of allylic oxidation sites excluding steroid dienone is 1. The number of carbonyl (C=O) groups is 1. The van der Waals surface area contributed by atoms with Gasteiger partial charge in [-0.05, 0) is 62.8 Å². The van der Waals surface area contributed by atoms with Crippen molar-refractivity contribution in [3.63, 3.8) is 0 Å². The molecule has 0 saturated heterocycles. The summed E-state index contributed by atoms with van der Waals surface area (Å²) in [6, 6.07) is 11.1. The number of benzene rings is 2. The molecule has 2 aromatic carbocycles. The molecule has 6 heteroatoms. The predicted molar refractivity (Wildman–Crippen MR) is 118 cm³/mol. The highest BCUT2D eigenvalue weighted by Crippen LogP contribution is 2.41. The van der Waals surface area contributed by atoms with Gasteiger partial charge in [0.2, 0.25) is 0 Å². The molecule has 1 aliphatic heterocycles. The van der Waals surface area contributed by atoms with Crippen LogP contribution in [0.5, 0.6) is 5.75 Å². The molecule has 0 aliphatic carbocycles. The maximum Gasteiger partial charge on any atom is 0.266 e. The van der Waals surface area contributed by atoms with E-state index >= 15 is 0 Å². The Bertz CT molecular complexity index is 1090. The molecule has 0 radical (unpaired) electrons. The van der Waals surface area contributed by atoms with Crippen LogP contribution in [0.1, 0.15) is 31.9 Å². The van der Waals surface area contributed by atoms with E-state index in [4.69, 9.17) is 4.74 Å². The summed E-state index contributed by atoms with van der Waals surface area (Å²) in [5, 5.41) is 12.2. The fourth-order valence-electron chi connectivity index (χ4n) is 3.52. The van der Waals surface area contributed by atoms with Gasteiger partial charge in [-0.3, -0.25) is 4.79 Å². The zero-order chi connectivity index (χ0) is 22.1. The van der Waals surface area contributed by atoms with Gasteiger partial charge in [-0.1, -0.05) is 6.08 Å². The SMILES string of the molecule is COc1cc2c(cc1/C=C(\C#N)C(=O)Nc1ccc(F)cc1)C(C)=CC(C)(C)N2C. The zero-order valence-electron chi connectivity index (χ0n) is 17.7. The summed E-state index contributed by atoms with van der Waals surface area (Å²) in [6.07, 6.45) is 3.69. The quantitative estimate of drug-likeness (QED) is 0.574. The maximum atomic E-state index is 13.1. The van der Waals surface area contributed by atoms with Crippen molar-refractivity contribution in [2.75, 3.05) is 24.4 Å². The van der Waals surface area contributed by atoms with Gasteiger partial charge in [0.25, 0.3) is 5.91 Å². The molecule has 30 heavy (non-hydrogen) atoms. The van der Waals surface area contributed by atoms with Gasteiger partial charge in [-0.2, -0.15) is 5.26 Å². The van der Waals surface area contributed by atoms with E-state index in [1.165, 1.54) is 30.3 Å². The lowest BCUT2D eigenvalue weighted by Crippen LogP contribution is -2.42. The Hall–Kier alpha value is -3.59. The second-order valence-corrected chi connectivity index (χ2v) is 7.78. The molecule has 0 aromatic heterocycles. The van der Waals surface area contributed by atoms with Gasteiger partial charge < -0.3 is 15.0 Å². The minimum Gasteiger partial charge on any atom is -0.496 e. The molecule has 0 atom stereocenters. The third kappa shape index (κ3) is 4.06. The lowest BCUT2D eigenvalue weighted by molar-refractivity contribution is -0.112. The van der Waals surface area contributed by atoms with Crippen LogP contribution in [0.25, 0.3) is 11.6 Å². The topological polar surface area (TPSA) is 65.4 Å². The van der Waals surface area contributed by atoms with E-state index in [1.54, 1.807) is 7.11 Å². The van der Waals surface area contributed by atoms with Gasteiger partial charge in [-0.15, -0.1) is 0 Å². The largest absolute Gasteiger partial charge is 0.496 e. The second-order valence-electron chi connectivity index (χ2n) is 7.78. The first-order valence-corrected chi connectivity index (χ1v) is 9.50. The molecule has 5 nitrogen and oxygen atoms in total. The van der Waals surface area contributed by atoms with E-state index in [1.807, 2.05) is 32.2 Å². The molecule has 0 bridgehead atoms. The first kappa shape index (κ1) is 21.1. The van der Waals surface area contributed by atoms with E-state index in [2.05, 4.69) is 30.1 Å². The van der Waals surface area contributed by atoms with Crippen molar-refractivity contribution in [1.82, 2.24) is 0 Å². The number of nitrogens with zero attached hydrogens (tertiary/aromatic N) is 2. The molecule has 2 aromatic rings. The van der Waals surface area contributed by atoms with Gasteiger partial charge in [-0.25, -0.2) is 4.39 Å². The Morgan fingerprint density at radius 2 is 1.93 bits per heavy atom. The van der Waals surface area contributed by atoms with Crippen LogP contribution in [-0.2, 0) is 4.79 Å². The number of hydrogen-bond donors (Lipinski definition) is 1. The number of amides is 1. The summed E-state index contributed by atoms with van der Waals surface area (Å²) in [5.74, 6) is -0.415. The fourth-order valence-corrected chi connectivity index (χ4v) is 3.52. The smallest absolute Gasteiger partial charge is 0.266 e. The first-order valence-electron chi connectivity index (χ1n) is 9.50. The van der Waals surface area contributed by atoms with E-state index < -0.39 is 11.7 Å². The van der Waals surface area contributed by atoms with Crippen LogP contribution >= 0.6 is 0 Å². The number of methoxy groups -OCH3 is 1. The highest BCUT2D eigenvalue weighted by Gasteiger charge is 2.29. The van der Waals surface area contributed by atoms with Crippen LogP contribution in [0.2, 0.25) is 0 Å². The van der Waals surface area contributed by atoms with Crippen molar-refractivity contribution in [1.29, 1.82) is 5.26 Å². The van der Waals surface area contributed by atoms with Crippen molar-refractivity contribution in [2.45, 2.75) is 26.3 Å². The van der Waals surface area contributed by atoms with Crippen molar-refractivity contribution < 1.29 is 13.9 Å². The van der Waals surface area contributed by atoms with E-state index in [9.17, 15) is 14.4 Å². The van der Waals surface area contributed by atoms with Gasteiger partial charge in [0.05, 0.1) is 12.6 Å². The summed E-state index contributed by atoms with van der Waals surface area (Å²) < 4.78 is 18.6. The number of ether oxygens (including phenoxy) is 1. The van der Waals surface area contributed by atoms with Crippen molar-refractivity contribution in [3.05, 3.63) is 65.0 Å². The monoisotopic (exact) mass is 405 g/mol. The number of hydrogen-bond acceptors (Lipinski definition) is 4. The third-order valence-corrected chi connectivity index (χ3v) is 5.34. The van der Waals surface area contributed by atoms with Crippen LogP contribution < -0.4 is 15.0 Å². The summed E-state index contributed by atoms with van der Waals surface area (Å²) in [6.45, 7) is 6.31. The summed E-state index contributed by atoms with van der Waals surface area (Å²) in [7, 11) is 3.58. The van der Waals surface area contributed by atoms with E-state index in [0.717, 1.165) is 16.8 Å². The molecule has 0 spiro atoms. The Morgan fingerprint density at radius 1 is 1.27 bits per heavy atom. The molecular formula is C24H24FN3O2. The molecule has 0 fully saturated rings. The minimum absolute atomic E-state index is 0.0799. The number of fused-ring (bicyclic) bond motifs is 1. The van der Waals surface area contributed by atoms with Gasteiger partial charge in [0, 0.05) is 35.6 Å². The van der Waals surface area contributed by atoms with Gasteiger partial charge in [0.15, 0.2) is 0 Å². The standard InChI is InChI=1S/C24H24FN3O2/c1-15-13-24(2,3)28(4)21-12-22(30-5)16(11-20(15)21)10-17(14-26)23(29)27-19-8-6-18(25)7-9-19/h6-13H,1-5H3,(H,27,29)/b17-10+. The van der Waals surface area contributed by atoms with E-state index in [-0.39, 0.29) is 11.1 Å². The molecule has 3 rings (SSSR count). The summed E-state index contributed by atoms with van der Waals surface area (Å²) >= 11 is 0. The zero-order valence-corrected chi connectivity index (χ0v) is 17.7. The predicted octanol–water partition coefficient (Wildman–Crippen LogP) is 5.01.